The highest BCUT2D eigenvalue weighted by Gasteiger charge is 2.26. The Kier molecular flexibility index (Phi) is 6.38. The molecular weight excluding hydrogens is 318 g/mol. The zero-order valence-corrected chi connectivity index (χ0v) is 15.3. The molecule has 2 rings (SSSR count). The third-order valence-corrected chi connectivity index (χ3v) is 3.87. The van der Waals surface area contributed by atoms with Gasteiger partial charge in [-0.05, 0) is 18.4 Å². The van der Waals surface area contributed by atoms with Crippen LogP contribution in [0.4, 0.5) is 4.79 Å². The van der Waals surface area contributed by atoms with E-state index >= 15 is 0 Å². The van der Waals surface area contributed by atoms with E-state index in [1.165, 1.54) is 0 Å². The molecule has 2 heterocycles. The van der Waals surface area contributed by atoms with Crippen molar-refractivity contribution >= 4 is 6.03 Å². The number of nitrogens with zero attached hydrogens (tertiary/aromatic N) is 3. The summed E-state index contributed by atoms with van der Waals surface area (Å²) in [6, 6.07) is 3.47. The lowest BCUT2D eigenvalue weighted by Gasteiger charge is -2.31. The lowest BCUT2D eigenvalue weighted by atomic mass is 9.86. The van der Waals surface area contributed by atoms with Crippen molar-refractivity contribution in [1.82, 2.24) is 25.2 Å². The molecule has 0 spiro atoms. The lowest BCUT2D eigenvalue weighted by Crippen LogP contribution is -2.49. The van der Waals surface area contributed by atoms with Gasteiger partial charge in [-0.3, -0.25) is 0 Å². The average Bonchev–Trinajstić information content (AvgIpc) is 3.06. The Morgan fingerprint density at radius 2 is 2.16 bits per heavy atom. The number of amides is 2. The number of hydrogen-bond acceptors (Lipinski definition) is 4. The Balaban J connectivity index is 1.95. The van der Waals surface area contributed by atoms with Crippen LogP contribution in [0.5, 0.6) is 5.88 Å². The molecule has 0 saturated heterocycles. The predicted molar refractivity (Wildman–Crippen MR) is 96.2 cm³/mol. The molecule has 7 heteroatoms. The molecule has 0 aliphatic rings. The molecule has 2 amide bonds. The van der Waals surface area contributed by atoms with Crippen molar-refractivity contribution in [2.45, 2.75) is 46.8 Å². The minimum Gasteiger partial charge on any atom is -0.478 e. The zero-order chi connectivity index (χ0) is 18.3. The number of carbonyl (C=O) groups excluding carboxylic acids is 1. The molecule has 0 saturated carbocycles. The predicted octanol–water partition coefficient (Wildman–Crippen LogP) is 2.59. The van der Waals surface area contributed by atoms with Crippen LogP contribution in [0.3, 0.4) is 0 Å². The normalized spacial score (nSPS) is 12.5. The van der Waals surface area contributed by atoms with Crippen LogP contribution >= 0.6 is 0 Å². The first-order valence-corrected chi connectivity index (χ1v) is 8.47. The number of urea groups is 1. The molecule has 0 aliphatic heterocycles. The van der Waals surface area contributed by atoms with Crippen molar-refractivity contribution in [1.29, 1.82) is 0 Å². The van der Waals surface area contributed by atoms with Crippen LogP contribution in [-0.2, 0) is 13.1 Å². The highest BCUT2D eigenvalue weighted by atomic mass is 16.5. The topological polar surface area (TPSA) is 81.1 Å². The van der Waals surface area contributed by atoms with Crippen molar-refractivity contribution in [3.8, 4) is 5.88 Å². The summed E-state index contributed by atoms with van der Waals surface area (Å²) >= 11 is 0. The fourth-order valence-electron chi connectivity index (χ4n) is 2.35. The maximum Gasteiger partial charge on any atom is 0.315 e. The Labute approximate surface area is 148 Å². The monoisotopic (exact) mass is 345 g/mol. The maximum atomic E-state index is 12.4. The third-order valence-electron chi connectivity index (χ3n) is 3.87. The molecule has 2 aromatic heterocycles. The van der Waals surface area contributed by atoms with Crippen molar-refractivity contribution in [3.63, 3.8) is 0 Å². The molecule has 2 aromatic rings. The van der Waals surface area contributed by atoms with E-state index in [1.54, 1.807) is 18.7 Å². The largest absolute Gasteiger partial charge is 0.478 e. The van der Waals surface area contributed by atoms with Gasteiger partial charge in [0, 0.05) is 37.2 Å². The highest BCUT2D eigenvalue weighted by molar-refractivity contribution is 5.74. The van der Waals surface area contributed by atoms with Crippen LogP contribution in [-0.4, -0.2) is 33.2 Å². The van der Waals surface area contributed by atoms with E-state index in [9.17, 15) is 4.79 Å². The van der Waals surface area contributed by atoms with Gasteiger partial charge in [-0.15, -0.1) is 0 Å². The molecule has 1 unspecified atom stereocenters. The van der Waals surface area contributed by atoms with Crippen molar-refractivity contribution in [2.24, 2.45) is 5.41 Å². The summed E-state index contributed by atoms with van der Waals surface area (Å²) in [5.41, 5.74) is 0.758. The molecule has 0 aliphatic carbocycles. The van der Waals surface area contributed by atoms with Gasteiger partial charge in [0.15, 0.2) is 0 Å². The molecule has 0 fully saturated rings. The van der Waals surface area contributed by atoms with Crippen LogP contribution in [0.15, 0.2) is 37.1 Å². The second kappa shape index (κ2) is 8.50. The summed E-state index contributed by atoms with van der Waals surface area (Å²) in [6.07, 6.45) is 7.05. The van der Waals surface area contributed by atoms with E-state index in [0.717, 1.165) is 5.56 Å². The van der Waals surface area contributed by atoms with Crippen molar-refractivity contribution < 1.29 is 9.53 Å². The van der Waals surface area contributed by atoms with Gasteiger partial charge in [-0.2, -0.15) is 0 Å². The van der Waals surface area contributed by atoms with E-state index in [0.29, 0.717) is 25.6 Å². The summed E-state index contributed by atoms with van der Waals surface area (Å²) in [4.78, 5) is 20.6. The summed E-state index contributed by atoms with van der Waals surface area (Å²) in [7, 11) is 0. The van der Waals surface area contributed by atoms with Gasteiger partial charge in [0.2, 0.25) is 5.88 Å². The molecule has 0 aromatic carbocycles. The van der Waals surface area contributed by atoms with Crippen molar-refractivity contribution in [2.75, 3.05) is 6.61 Å². The van der Waals surface area contributed by atoms with Crippen molar-refractivity contribution in [3.05, 3.63) is 42.6 Å². The number of nitrogens with one attached hydrogen (secondary N) is 2. The van der Waals surface area contributed by atoms with Crippen LogP contribution in [0.25, 0.3) is 0 Å². The van der Waals surface area contributed by atoms with E-state index in [4.69, 9.17) is 4.74 Å². The summed E-state index contributed by atoms with van der Waals surface area (Å²) in [6.45, 7) is 9.76. The van der Waals surface area contributed by atoms with Gasteiger partial charge in [-0.1, -0.05) is 26.8 Å². The fourth-order valence-corrected chi connectivity index (χ4v) is 2.35. The first-order chi connectivity index (χ1) is 11.9. The smallest absolute Gasteiger partial charge is 0.315 e. The SMILES string of the molecule is CCOc1ncccc1CNC(=O)NC(Cn1ccnc1)C(C)(C)C. The molecular formula is C18H27N5O2. The van der Waals surface area contributed by atoms with Crippen LogP contribution in [0, 0.1) is 5.41 Å². The maximum absolute atomic E-state index is 12.4. The fraction of sp³-hybridized carbons (Fsp3) is 0.500. The highest BCUT2D eigenvalue weighted by Crippen LogP contribution is 2.21. The summed E-state index contributed by atoms with van der Waals surface area (Å²) < 4.78 is 7.44. The second-order valence-corrected chi connectivity index (χ2v) is 6.91. The number of rotatable bonds is 7. The van der Waals surface area contributed by atoms with E-state index in [1.807, 2.05) is 29.8 Å². The van der Waals surface area contributed by atoms with Crippen LogP contribution in [0.1, 0.15) is 33.3 Å². The molecule has 0 bridgehead atoms. The van der Waals surface area contributed by atoms with Gasteiger partial charge in [0.25, 0.3) is 0 Å². The lowest BCUT2D eigenvalue weighted by molar-refractivity contribution is 0.209. The van der Waals surface area contributed by atoms with Gasteiger partial charge in [0.1, 0.15) is 0 Å². The Hall–Kier alpha value is -2.57. The number of imidazole rings is 1. The Bertz CT molecular complexity index is 664. The van der Waals surface area contributed by atoms with Gasteiger partial charge in [-0.25, -0.2) is 14.8 Å². The third kappa shape index (κ3) is 5.77. The standard InChI is InChI=1S/C18H27N5O2/c1-5-25-16-14(7-6-8-20-16)11-21-17(24)22-15(18(2,3)4)12-23-10-9-19-13-23/h6-10,13,15H,5,11-12H2,1-4H3,(H2,21,22,24). The second-order valence-electron chi connectivity index (χ2n) is 6.91. The molecule has 25 heavy (non-hydrogen) atoms. The number of ether oxygens (including phenoxy) is 1. The van der Waals surface area contributed by atoms with E-state index in [2.05, 4.69) is 41.4 Å². The molecule has 136 valence electrons. The van der Waals surface area contributed by atoms with E-state index in [-0.39, 0.29) is 17.5 Å². The summed E-state index contributed by atoms with van der Waals surface area (Å²) in [5.74, 6) is 0.552. The molecule has 1 atom stereocenters. The number of pyridine rings is 1. The molecule has 7 nitrogen and oxygen atoms in total. The Morgan fingerprint density at radius 3 is 2.80 bits per heavy atom. The number of aromatic nitrogens is 3. The van der Waals surface area contributed by atoms with Gasteiger partial charge >= 0.3 is 6.03 Å². The zero-order valence-electron chi connectivity index (χ0n) is 15.3. The first kappa shape index (κ1) is 18.8. The average molecular weight is 345 g/mol. The van der Waals surface area contributed by atoms with E-state index < -0.39 is 0 Å². The minimum absolute atomic E-state index is 0.0399. The summed E-state index contributed by atoms with van der Waals surface area (Å²) in [5, 5.41) is 5.94. The van der Waals surface area contributed by atoms with Crippen LogP contribution in [0.2, 0.25) is 0 Å². The molecule has 2 N–H and O–H groups in total. The number of carbonyl (C=O) groups is 1. The molecule has 0 radical (unpaired) electrons. The number of hydrogen-bond donors (Lipinski definition) is 2. The quantitative estimate of drug-likeness (QED) is 0.808. The Morgan fingerprint density at radius 1 is 1.36 bits per heavy atom. The van der Waals surface area contributed by atoms with Crippen LogP contribution < -0.4 is 15.4 Å². The first-order valence-electron chi connectivity index (χ1n) is 8.47. The minimum atomic E-state index is -0.216. The van der Waals surface area contributed by atoms with Gasteiger partial charge in [0.05, 0.1) is 19.0 Å². The van der Waals surface area contributed by atoms with Gasteiger partial charge < -0.3 is 19.9 Å².